The van der Waals surface area contributed by atoms with Crippen LogP contribution in [-0.2, 0) is 14.3 Å². The molecule has 1 aromatic carbocycles. The molecule has 1 rings (SSSR count). The first-order valence-corrected chi connectivity index (χ1v) is 8.59. The van der Waals surface area contributed by atoms with Crippen LogP contribution >= 0.6 is 0 Å². The van der Waals surface area contributed by atoms with Crippen LogP contribution in [0.4, 0.5) is 0 Å². The Kier molecular flexibility index (Phi) is 8.92. The first-order valence-electron chi connectivity index (χ1n) is 8.59. The van der Waals surface area contributed by atoms with Gasteiger partial charge in [0.2, 0.25) is 5.91 Å². The summed E-state index contributed by atoms with van der Waals surface area (Å²) >= 11 is 0. The third kappa shape index (κ3) is 6.92. The van der Waals surface area contributed by atoms with Crippen LogP contribution in [0, 0.1) is 0 Å². The summed E-state index contributed by atoms with van der Waals surface area (Å²) in [6.07, 6.45) is 0.885. The molecular weight excluding hydrogens is 338 g/mol. The monoisotopic (exact) mass is 367 g/mol. The summed E-state index contributed by atoms with van der Waals surface area (Å²) in [5.74, 6) is 0.933. The second-order valence-corrected chi connectivity index (χ2v) is 6.47. The molecule has 0 saturated heterocycles. The molecule has 1 amide bonds. The molecule has 0 radical (unpaired) electrons. The number of rotatable bonds is 11. The topological polar surface area (TPSA) is 85.3 Å². The maximum absolute atomic E-state index is 12.5. The number of benzene rings is 1. The number of amides is 1. The van der Waals surface area contributed by atoms with Crippen LogP contribution in [0.2, 0.25) is 0 Å². The third-order valence-corrected chi connectivity index (χ3v) is 4.05. The molecule has 0 bridgehead atoms. The highest BCUT2D eigenvalue weighted by Gasteiger charge is 2.30. The van der Waals surface area contributed by atoms with Gasteiger partial charge in [-0.2, -0.15) is 0 Å². The minimum atomic E-state index is -0.748. The average Bonchev–Trinajstić information content (AvgIpc) is 2.65. The molecule has 0 unspecified atom stereocenters. The number of esters is 1. The Labute approximate surface area is 154 Å². The molecule has 0 spiro atoms. The number of ether oxygens (including phenoxy) is 3. The summed E-state index contributed by atoms with van der Waals surface area (Å²) in [5.41, 5.74) is -0.748. The Hall–Kier alpha value is -2.28. The van der Waals surface area contributed by atoms with Crippen molar-refractivity contribution in [3.63, 3.8) is 0 Å². The Morgan fingerprint density at radius 2 is 1.69 bits per heavy atom. The van der Waals surface area contributed by atoms with Gasteiger partial charge in [0, 0.05) is 13.0 Å². The Morgan fingerprint density at radius 3 is 2.23 bits per heavy atom. The molecule has 0 saturated carbocycles. The summed E-state index contributed by atoms with van der Waals surface area (Å²) in [5, 5.41) is 9.55. The van der Waals surface area contributed by atoms with E-state index in [4.69, 9.17) is 9.47 Å². The molecular formula is C19H29NO6. The maximum atomic E-state index is 12.5. The average molecular weight is 367 g/mol. The molecule has 7 heteroatoms. The van der Waals surface area contributed by atoms with Crippen molar-refractivity contribution >= 4 is 11.9 Å². The zero-order chi connectivity index (χ0) is 19.6. The lowest BCUT2D eigenvalue weighted by molar-refractivity contribution is -0.144. The zero-order valence-electron chi connectivity index (χ0n) is 16.0. The maximum Gasteiger partial charge on any atom is 0.307 e. The number of aliphatic hydroxyl groups excluding tert-OH is 1. The van der Waals surface area contributed by atoms with E-state index < -0.39 is 5.54 Å². The van der Waals surface area contributed by atoms with E-state index in [-0.39, 0.29) is 37.9 Å². The number of carbonyl (C=O) groups is 2. The van der Waals surface area contributed by atoms with E-state index in [0.29, 0.717) is 18.8 Å². The van der Waals surface area contributed by atoms with Gasteiger partial charge in [0.05, 0.1) is 39.4 Å². The summed E-state index contributed by atoms with van der Waals surface area (Å²) in [7, 11) is 2.91. The minimum absolute atomic E-state index is 0.0913. The fourth-order valence-corrected chi connectivity index (χ4v) is 2.38. The lowest BCUT2D eigenvalue weighted by atomic mass is 10.0. The predicted molar refractivity (Wildman–Crippen MR) is 97.2 cm³/mol. The van der Waals surface area contributed by atoms with Crippen LogP contribution in [0.3, 0.4) is 0 Å². The van der Waals surface area contributed by atoms with Crippen molar-refractivity contribution in [1.29, 1.82) is 0 Å². The Bertz CT molecular complexity index is 570. The number of methoxy groups -OCH3 is 2. The summed E-state index contributed by atoms with van der Waals surface area (Å²) in [6, 6.07) is 7.22. The summed E-state index contributed by atoms with van der Waals surface area (Å²) < 4.78 is 15.3. The highest BCUT2D eigenvalue weighted by atomic mass is 16.5. The summed E-state index contributed by atoms with van der Waals surface area (Å²) in [6.45, 7) is 3.93. The quantitative estimate of drug-likeness (QED) is 0.476. The van der Waals surface area contributed by atoms with E-state index in [1.807, 2.05) is 0 Å². The van der Waals surface area contributed by atoms with Gasteiger partial charge in [0.25, 0.3) is 0 Å². The molecule has 0 aliphatic heterocycles. The number of aliphatic hydroxyl groups is 1. The summed E-state index contributed by atoms with van der Waals surface area (Å²) in [4.78, 5) is 25.4. The van der Waals surface area contributed by atoms with Gasteiger partial charge in [-0.3, -0.25) is 9.59 Å². The third-order valence-electron chi connectivity index (χ3n) is 4.05. The van der Waals surface area contributed by atoms with Gasteiger partial charge in [-0.05, 0) is 44.5 Å². The molecule has 0 fully saturated rings. The number of hydrogen-bond acceptors (Lipinski definition) is 6. The van der Waals surface area contributed by atoms with Crippen molar-refractivity contribution in [2.75, 3.05) is 34.0 Å². The van der Waals surface area contributed by atoms with Crippen LogP contribution in [-0.4, -0.2) is 61.4 Å². The normalized spacial score (nSPS) is 11.0. The number of carbonyl (C=O) groups excluding carboxylic acids is 2. The molecule has 1 N–H and O–H groups in total. The SMILES string of the molecule is COC(=O)CCN(C(=O)CCCOc1ccc(OC)cc1)C(C)(C)CO. The highest BCUT2D eigenvalue weighted by Crippen LogP contribution is 2.19. The van der Waals surface area contributed by atoms with Crippen molar-refractivity contribution < 1.29 is 28.9 Å². The van der Waals surface area contributed by atoms with Crippen molar-refractivity contribution in [2.24, 2.45) is 0 Å². The lowest BCUT2D eigenvalue weighted by Crippen LogP contribution is -2.51. The lowest BCUT2D eigenvalue weighted by Gasteiger charge is -2.37. The second-order valence-electron chi connectivity index (χ2n) is 6.47. The van der Waals surface area contributed by atoms with Crippen molar-refractivity contribution in [3.8, 4) is 11.5 Å². The smallest absolute Gasteiger partial charge is 0.307 e. The van der Waals surface area contributed by atoms with E-state index in [1.54, 1.807) is 45.2 Å². The van der Waals surface area contributed by atoms with Gasteiger partial charge in [0.1, 0.15) is 11.5 Å². The molecule has 0 aromatic heterocycles. The van der Waals surface area contributed by atoms with E-state index in [2.05, 4.69) is 4.74 Å². The second kappa shape index (κ2) is 10.7. The van der Waals surface area contributed by atoms with E-state index in [0.717, 1.165) is 5.75 Å². The van der Waals surface area contributed by atoms with Crippen molar-refractivity contribution in [2.45, 2.75) is 38.6 Å². The molecule has 26 heavy (non-hydrogen) atoms. The zero-order valence-corrected chi connectivity index (χ0v) is 16.0. The predicted octanol–water partition coefficient (Wildman–Crippen LogP) is 2.02. The van der Waals surface area contributed by atoms with Crippen LogP contribution < -0.4 is 9.47 Å². The molecule has 0 aliphatic carbocycles. The Morgan fingerprint density at radius 1 is 1.08 bits per heavy atom. The fourth-order valence-electron chi connectivity index (χ4n) is 2.38. The largest absolute Gasteiger partial charge is 0.497 e. The first-order chi connectivity index (χ1) is 12.3. The van der Waals surface area contributed by atoms with Gasteiger partial charge >= 0.3 is 5.97 Å². The molecule has 7 nitrogen and oxygen atoms in total. The van der Waals surface area contributed by atoms with Crippen LogP contribution in [0.15, 0.2) is 24.3 Å². The minimum Gasteiger partial charge on any atom is -0.497 e. The first kappa shape index (κ1) is 21.8. The number of nitrogens with zero attached hydrogens (tertiary/aromatic N) is 1. The molecule has 1 aromatic rings. The molecule has 0 atom stereocenters. The molecule has 0 heterocycles. The molecule has 146 valence electrons. The molecule has 0 aliphatic rings. The van der Waals surface area contributed by atoms with Gasteiger partial charge in [0.15, 0.2) is 0 Å². The van der Waals surface area contributed by atoms with Gasteiger partial charge in [-0.25, -0.2) is 0 Å². The van der Waals surface area contributed by atoms with Crippen LogP contribution in [0.1, 0.15) is 33.1 Å². The van der Waals surface area contributed by atoms with E-state index >= 15 is 0 Å². The van der Waals surface area contributed by atoms with E-state index in [9.17, 15) is 14.7 Å². The van der Waals surface area contributed by atoms with Crippen molar-refractivity contribution in [1.82, 2.24) is 4.90 Å². The van der Waals surface area contributed by atoms with Crippen LogP contribution in [0.25, 0.3) is 0 Å². The van der Waals surface area contributed by atoms with Gasteiger partial charge < -0.3 is 24.2 Å². The van der Waals surface area contributed by atoms with Gasteiger partial charge in [-0.1, -0.05) is 0 Å². The van der Waals surface area contributed by atoms with E-state index in [1.165, 1.54) is 12.0 Å². The highest BCUT2D eigenvalue weighted by molar-refractivity contribution is 5.78. The standard InChI is InChI=1S/C19H29NO6/c1-19(2,14-21)20(12-11-18(23)25-4)17(22)6-5-13-26-16-9-7-15(24-3)8-10-16/h7-10,21H,5-6,11-14H2,1-4H3. The fraction of sp³-hybridized carbons (Fsp3) is 0.579. The van der Waals surface area contributed by atoms with Crippen molar-refractivity contribution in [3.05, 3.63) is 24.3 Å². The van der Waals surface area contributed by atoms with Gasteiger partial charge in [-0.15, -0.1) is 0 Å². The number of hydrogen-bond donors (Lipinski definition) is 1. The van der Waals surface area contributed by atoms with Crippen LogP contribution in [0.5, 0.6) is 11.5 Å². The Balaban J connectivity index is 2.50.